The summed E-state index contributed by atoms with van der Waals surface area (Å²) in [7, 11) is 0. The highest BCUT2D eigenvalue weighted by atomic mass is 16.1. The highest BCUT2D eigenvalue weighted by molar-refractivity contribution is 5.89. The summed E-state index contributed by atoms with van der Waals surface area (Å²) in [6, 6.07) is 3.87. The molecule has 0 unspecified atom stereocenters. The molecule has 0 aliphatic rings. The van der Waals surface area contributed by atoms with Crippen molar-refractivity contribution >= 4 is 5.78 Å². The monoisotopic (exact) mass is 245 g/mol. The van der Waals surface area contributed by atoms with E-state index in [2.05, 4.69) is 9.97 Å². The molecule has 0 bridgehead atoms. The van der Waals surface area contributed by atoms with Crippen molar-refractivity contribution in [3.05, 3.63) is 23.3 Å². The zero-order valence-electron chi connectivity index (χ0n) is 11.4. The number of hydrogen-bond donors (Lipinski definition) is 0. The van der Waals surface area contributed by atoms with E-state index in [4.69, 9.17) is 0 Å². The minimum atomic E-state index is -0.842. The van der Waals surface area contributed by atoms with Gasteiger partial charge in [0, 0.05) is 17.3 Å². The molecule has 0 radical (unpaired) electrons. The summed E-state index contributed by atoms with van der Waals surface area (Å²) in [6.45, 7) is 7.57. The number of aromatic nitrogens is 2. The van der Waals surface area contributed by atoms with Crippen LogP contribution in [0, 0.1) is 31.1 Å². The van der Waals surface area contributed by atoms with Crippen molar-refractivity contribution < 1.29 is 4.79 Å². The lowest BCUT2D eigenvalue weighted by Gasteiger charge is -2.13. The summed E-state index contributed by atoms with van der Waals surface area (Å²) in [5, 5.41) is 9.20. The number of carbonyl (C=O) groups is 1. The van der Waals surface area contributed by atoms with Gasteiger partial charge in [0.2, 0.25) is 0 Å². The molecule has 2 atom stereocenters. The Morgan fingerprint density at radius 3 is 2.39 bits per heavy atom. The fourth-order valence-electron chi connectivity index (χ4n) is 1.99. The molecular formula is C14H19N3O. The SMILES string of the molecule is CCC[C@H](C)C(=O)[C@@H](C#N)c1nc(C)cc(C)n1. The molecule has 0 saturated carbocycles. The Hall–Kier alpha value is -1.76. The summed E-state index contributed by atoms with van der Waals surface area (Å²) < 4.78 is 0. The highest BCUT2D eigenvalue weighted by Gasteiger charge is 2.27. The molecule has 0 aliphatic heterocycles. The van der Waals surface area contributed by atoms with E-state index in [1.165, 1.54) is 0 Å². The molecule has 0 fully saturated rings. The molecule has 4 nitrogen and oxygen atoms in total. The molecule has 0 saturated heterocycles. The topological polar surface area (TPSA) is 66.6 Å². The lowest BCUT2D eigenvalue weighted by molar-refractivity contribution is -0.123. The summed E-state index contributed by atoms with van der Waals surface area (Å²) in [4.78, 5) is 20.6. The van der Waals surface area contributed by atoms with Gasteiger partial charge in [0.05, 0.1) is 6.07 Å². The normalized spacial score (nSPS) is 13.7. The Labute approximate surface area is 108 Å². The van der Waals surface area contributed by atoms with Gasteiger partial charge in [-0.25, -0.2) is 9.97 Å². The fraction of sp³-hybridized carbons (Fsp3) is 0.571. The number of hydrogen-bond acceptors (Lipinski definition) is 4. The number of nitriles is 1. The zero-order valence-corrected chi connectivity index (χ0v) is 11.4. The maximum Gasteiger partial charge on any atom is 0.164 e. The molecule has 4 heteroatoms. The Morgan fingerprint density at radius 2 is 1.94 bits per heavy atom. The third-order valence-electron chi connectivity index (χ3n) is 2.88. The largest absolute Gasteiger partial charge is 0.297 e. The van der Waals surface area contributed by atoms with Gasteiger partial charge in [-0.2, -0.15) is 5.26 Å². The predicted molar refractivity (Wildman–Crippen MR) is 68.9 cm³/mol. The molecule has 1 rings (SSSR count). The molecule has 18 heavy (non-hydrogen) atoms. The number of rotatable bonds is 5. The predicted octanol–water partition coefficient (Wildman–Crippen LogP) is 2.71. The third kappa shape index (κ3) is 3.36. The van der Waals surface area contributed by atoms with E-state index >= 15 is 0 Å². The lowest BCUT2D eigenvalue weighted by Crippen LogP contribution is -2.21. The minimum Gasteiger partial charge on any atom is -0.297 e. The first-order chi connectivity index (χ1) is 8.49. The molecular weight excluding hydrogens is 226 g/mol. The van der Waals surface area contributed by atoms with Gasteiger partial charge in [0.1, 0.15) is 0 Å². The molecule has 0 spiro atoms. The van der Waals surface area contributed by atoms with E-state index in [0.29, 0.717) is 5.82 Å². The van der Waals surface area contributed by atoms with Crippen LogP contribution in [0.3, 0.4) is 0 Å². The molecule has 0 N–H and O–H groups in total. The Balaban J connectivity index is 3.03. The van der Waals surface area contributed by atoms with Crippen molar-refractivity contribution in [2.24, 2.45) is 5.92 Å². The Bertz CT molecular complexity index is 456. The molecule has 1 aromatic rings. The van der Waals surface area contributed by atoms with Crippen molar-refractivity contribution in [2.75, 3.05) is 0 Å². The van der Waals surface area contributed by atoms with Crippen LogP contribution in [0.1, 0.15) is 49.8 Å². The quantitative estimate of drug-likeness (QED) is 0.800. The van der Waals surface area contributed by atoms with Crippen LogP contribution < -0.4 is 0 Å². The van der Waals surface area contributed by atoms with E-state index in [9.17, 15) is 10.1 Å². The second-order valence-electron chi connectivity index (χ2n) is 4.66. The standard InChI is InChI=1S/C14H19N3O/c1-5-6-9(2)13(18)12(8-15)14-16-10(3)7-11(4)17-14/h7,9,12H,5-6H2,1-4H3/t9-,12+/m0/s1. The van der Waals surface area contributed by atoms with Gasteiger partial charge in [-0.3, -0.25) is 4.79 Å². The van der Waals surface area contributed by atoms with E-state index < -0.39 is 5.92 Å². The zero-order chi connectivity index (χ0) is 13.7. The van der Waals surface area contributed by atoms with Gasteiger partial charge >= 0.3 is 0 Å². The first kappa shape index (κ1) is 14.3. The van der Waals surface area contributed by atoms with Crippen molar-refractivity contribution in [3.63, 3.8) is 0 Å². The Morgan fingerprint density at radius 1 is 1.39 bits per heavy atom. The van der Waals surface area contributed by atoms with E-state index in [-0.39, 0.29) is 11.7 Å². The third-order valence-corrected chi connectivity index (χ3v) is 2.88. The molecule has 0 aliphatic carbocycles. The second-order valence-corrected chi connectivity index (χ2v) is 4.66. The maximum atomic E-state index is 12.2. The van der Waals surface area contributed by atoms with E-state index in [0.717, 1.165) is 24.2 Å². The van der Waals surface area contributed by atoms with Gasteiger partial charge in [-0.15, -0.1) is 0 Å². The number of ketones is 1. The van der Waals surface area contributed by atoms with Crippen LogP contribution >= 0.6 is 0 Å². The first-order valence-electron chi connectivity index (χ1n) is 6.25. The molecule has 1 heterocycles. The van der Waals surface area contributed by atoms with Crippen LogP contribution in [-0.2, 0) is 4.79 Å². The molecule has 96 valence electrons. The first-order valence-corrected chi connectivity index (χ1v) is 6.25. The van der Waals surface area contributed by atoms with Gasteiger partial charge in [0.25, 0.3) is 0 Å². The smallest absolute Gasteiger partial charge is 0.164 e. The maximum absolute atomic E-state index is 12.2. The average Bonchev–Trinajstić information content (AvgIpc) is 2.28. The molecule has 0 amide bonds. The van der Waals surface area contributed by atoms with Crippen LogP contribution in [0.4, 0.5) is 0 Å². The summed E-state index contributed by atoms with van der Waals surface area (Å²) in [5.74, 6) is -0.707. The lowest BCUT2D eigenvalue weighted by atomic mass is 9.91. The number of Topliss-reactive ketones (excluding diaryl/α,β-unsaturated/α-hetero) is 1. The summed E-state index contributed by atoms with van der Waals surface area (Å²) >= 11 is 0. The number of carbonyl (C=O) groups excluding carboxylic acids is 1. The van der Waals surface area contributed by atoms with Gasteiger partial charge in [-0.1, -0.05) is 20.3 Å². The number of aryl methyl sites for hydroxylation is 2. The average molecular weight is 245 g/mol. The van der Waals surface area contributed by atoms with Crippen molar-refractivity contribution in [1.82, 2.24) is 9.97 Å². The number of nitrogens with zero attached hydrogens (tertiary/aromatic N) is 3. The molecule has 0 aromatic carbocycles. The summed E-state index contributed by atoms with van der Waals surface area (Å²) in [6.07, 6.45) is 1.72. The van der Waals surface area contributed by atoms with Gasteiger partial charge in [-0.05, 0) is 26.3 Å². The van der Waals surface area contributed by atoms with Crippen molar-refractivity contribution in [2.45, 2.75) is 46.5 Å². The van der Waals surface area contributed by atoms with Crippen LogP contribution in [0.25, 0.3) is 0 Å². The van der Waals surface area contributed by atoms with Crippen molar-refractivity contribution in [1.29, 1.82) is 5.26 Å². The highest BCUT2D eigenvalue weighted by Crippen LogP contribution is 2.20. The minimum absolute atomic E-state index is 0.0793. The van der Waals surface area contributed by atoms with E-state index in [1.807, 2.05) is 39.8 Å². The molecule has 1 aromatic heterocycles. The van der Waals surface area contributed by atoms with Gasteiger partial charge in [0.15, 0.2) is 17.5 Å². The summed E-state index contributed by atoms with van der Waals surface area (Å²) in [5.41, 5.74) is 1.57. The Kier molecular flexibility index (Phi) is 4.96. The van der Waals surface area contributed by atoms with E-state index in [1.54, 1.807) is 0 Å². The van der Waals surface area contributed by atoms with Crippen LogP contribution in [0.15, 0.2) is 6.07 Å². The van der Waals surface area contributed by atoms with Crippen LogP contribution in [0.5, 0.6) is 0 Å². The second kappa shape index (κ2) is 6.25. The fourth-order valence-corrected chi connectivity index (χ4v) is 1.99. The van der Waals surface area contributed by atoms with Crippen molar-refractivity contribution in [3.8, 4) is 6.07 Å². The van der Waals surface area contributed by atoms with Gasteiger partial charge < -0.3 is 0 Å². The van der Waals surface area contributed by atoms with Crippen LogP contribution in [-0.4, -0.2) is 15.8 Å². The van der Waals surface area contributed by atoms with Crippen LogP contribution in [0.2, 0.25) is 0 Å².